The van der Waals surface area contributed by atoms with Crippen LogP contribution in [0.5, 0.6) is 5.75 Å². The molecule has 2 N–H and O–H groups in total. The molecule has 1 atom stereocenters. The standard InChI is InChI=1S/C28H31N3O5/c1-17-13-20(14-18(2)24(17)36-28(4,5)27(32)33)16-30-23(26-29-11-12-34-26)15-22-19(3)35-25(31-22)21-9-7-6-8-10-21/h6-14,23,30H,15-16H2,1-5H3,(H,32,33). The summed E-state index contributed by atoms with van der Waals surface area (Å²) in [6, 6.07) is 13.6. The summed E-state index contributed by atoms with van der Waals surface area (Å²) in [4.78, 5) is 20.6. The van der Waals surface area contributed by atoms with Gasteiger partial charge in [0.25, 0.3) is 0 Å². The van der Waals surface area contributed by atoms with Crippen LogP contribution in [-0.4, -0.2) is 26.6 Å². The highest BCUT2D eigenvalue weighted by Gasteiger charge is 2.30. The van der Waals surface area contributed by atoms with E-state index in [0.29, 0.717) is 30.5 Å². The molecule has 8 heteroatoms. The van der Waals surface area contributed by atoms with Crippen LogP contribution in [0.3, 0.4) is 0 Å². The Hall–Kier alpha value is -3.91. The van der Waals surface area contributed by atoms with Gasteiger partial charge >= 0.3 is 5.97 Å². The molecule has 0 fully saturated rings. The lowest BCUT2D eigenvalue weighted by Crippen LogP contribution is -2.38. The predicted molar refractivity (Wildman–Crippen MR) is 135 cm³/mol. The minimum Gasteiger partial charge on any atom is -0.478 e. The van der Waals surface area contributed by atoms with Crippen molar-refractivity contribution in [2.75, 3.05) is 0 Å². The van der Waals surface area contributed by atoms with Crippen LogP contribution in [0.4, 0.5) is 0 Å². The molecule has 4 rings (SSSR count). The Morgan fingerprint density at radius 3 is 2.44 bits per heavy atom. The van der Waals surface area contributed by atoms with E-state index in [1.54, 1.807) is 26.3 Å². The second-order valence-corrected chi connectivity index (χ2v) is 9.37. The molecule has 1 unspecified atom stereocenters. The molecule has 2 aromatic carbocycles. The molecule has 2 aromatic heterocycles. The monoisotopic (exact) mass is 489 g/mol. The van der Waals surface area contributed by atoms with Gasteiger partial charge in [-0.1, -0.05) is 30.3 Å². The van der Waals surface area contributed by atoms with E-state index in [4.69, 9.17) is 18.6 Å². The molecule has 8 nitrogen and oxygen atoms in total. The van der Waals surface area contributed by atoms with Crippen LogP contribution < -0.4 is 10.1 Å². The van der Waals surface area contributed by atoms with Gasteiger partial charge in [-0.3, -0.25) is 0 Å². The van der Waals surface area contributed by atoms with Gasteiger partial charge in [-0.05, 0) is 63.4 Å². The van der Waals surface area contributed by atoms with Crippen molar-refractivity contribution in [2.24, 2.45) is 0 Å². The van der Waals surface area contributed by atoms with Crippen molar-refractivity contribution in [3.05, 3.63) is 89.0 Å². The quantitative estimate of drug-likeness (QED) is 0.297. The lowest BCUT2D eigenvalue weighted by Gasteiger charge is -2.25. The summed E-state index contributed by atoms with van der Waals surface area (Å²) in [5.41, 5.74) is 3.20. The van der Waals surface area contributed by atoms with Gasteiger partial charge in [-0.2, -0.15) is 0 Å². The van der Waals surface area contributed by atoms with E-state index in [9.17, 15) is 9.90 Å². The van der Waals surface area contributed by atoms with E-state index in [2.05, 4.69) is 10.3 Å². The number of carboxylic acids is 1. The second-order valence-electron chi connectivity index (χ2n) is 9.37. The molecule has 0 radical (unpaired) electrons. The zero-order valence-electron chi connectivity index (χ0n) is 21.2. The maximum Gasteiger partial charge on any atom is 0.347 e. The summed E-state index contributed by atoms with van der Waals surface area (Å²) in [6.07, 6.45) is 3.72. The number of ether oxygens (including phenoxy) is 1. The molecule has 0 bridgehead atoms. The Morgan fingerprint density at radius 2 is 1.83 bits per heavy atom. The number of carbonyl (C=O) groups is 1. The first-order valence-electron chi connectivity index (χ1n) is 11.8. The van der Waals surface area contributed by atoms with Crippen molar-refractivity contribution in [3.63, 3.8) is 0 Å². The van der Waals surface area contributed by atoms with E-state index in [0.717, 1.165) is 33.7 Å². The number of nitrogens with zero attached hydrogens (tertiary/aromatic N) is 2. The van der Waals surface area contributed by atoms with E-state index in [1.807, 2.05) is 63.2 Å². The van der Waals surface area contributed by atoms with Crippen LogP contribution in [0, 0.1) is 20.8 Å². The maximum atomic E-state index is 11.5. The topological polar surface area (TPSA) is 111 Å². The molecule has 0 saturated carbocycles. The van der Waals surface area contributed by atoms with Crippen molar-refractivity contribution in [1.29, 1.82) is 0 Å². The lowest BCUT2D eigenvalue weighted by atomic mass is 10.0. The van der Waals surface area contributed by atoms with Crippen LogP contribution in [0.1, 0.15) is 53.9 Å². The molecule has 36 heavy (non-hydrogen) atoms. The number of aromatic nitrogens is 2. The van der Waals surface area contributed by atoms with Gasteiger partial charge in [0.05, 0.1) is 17.9 Å². The third-order valence-electron chi connectivity index (χ3n) is 6.01. The Balaban J connectivity index is 1.52. The van der Waals surface area contributed by atoms with Gasteiger partial charge in [-0.15, -0.1) is 0 Å². The van der Waals surface area contributed by atoms with Crippen LogP contribution >= 0.6 is 0 Å². The summed E-state index contributed by atoms with van der Waals surface area (Å²) >= 11 is 0. The first-order valence-corrected chi connectivity index (χ1v) is 11.8. The summed E-state index contributed by atoms with van der Waals surface area (Å²) in [6.45, 7) is 9.36. The van der Waals surface area contributed by atoms with Gasteiger partial charge in [0.15, 0.2) is 5.60 Å². The van der Waals surface area contributed by atoms with Crippen LogP contribution in [0.2, 0.25) is 0 Å². The fourth-order valence-electron chi connectivity index (χ4n) is 4.01. The van der Waals surface area contributed by atoms with Gasteiger partial charge < -0.3 is 24.0 Å². The summed E-state index contributed by atoms with van der Waals surface area (Å²) in [7, 11) is 0. The number of nitrogens with one attached hydrogen (secondary N) is 1. The molecule has 0 aliphatic heterocycles. The van der Waals surface area contributed by atoms with Crippen molar-refractivity contribution < 1.29 is 23.5 Å². The Labute approximate surface area is 210 Å². The largest absolute Gasteiger partial charge is 0.478 e. The molecule has 0 aliphatic carbocycles. The van der Waals surface area contributed by atoms with Gasteiger partial charge in [0.1, 0.15) is 17.8 Å². The normalized spacial score (nSPS) is 12.5. The first kappa shape index (κ1) is 25.2. The van der Waals surface area contributed by atoms with E-state index < -0.39 is 11.6 Å². The van der Waals surface area contributed by atoms with E-state index in [-0.39, 0.29) is 6.04 Å². The van der Waals surface area contributed by atoms with Crippen LogP contribution in [-0.2, 0) is 17.8 Å². The number of benzene rings is 2. The highest BCUT2D eigenvalue weighted by molar-refractivity contribution is 5.77. The lowest BCUT2D eigenvalue weighted by molar-refractivity contribution is -0.152. The van der Waals surface area contributed by atoms with Gasteiger partial charge in [0.2, 0.25) is 11.8 Å². The molecule has 4 aromatic rings. The molecule has 0 amide bonds. The third kappa shape index (κ3) is 5.66. The second kappa shape index (κ2) is 10.4. The van der Waals surface area contributed by atoms with Crippen molar-refractivity contribution in [3.8, 4) is 17.2 Å². The number of carboxylic acid groups (broad SMARTS) is 1. The predicted octanol–water partition coefficient (Wildman–Crippen LogP) is 5.57. The SMILES string of the molecule is Cc1cc(CNC(Cc2nc(-c3ccccc3)oc2C)c2ncco2)cc(C)c1OC(C)(C)C(=O)O. The van der Waals surface area contributed by atoms with E-state index >= 15 is 0 Å². The summed E-state index contributed by atoms with van der Waals surface area (Å²) in [5, 5.41) is 13.0. The molecule has 0 aliphatic rings. The maximum absolute atomic E-state index is 11.5. The average Bonchev–Trinajstić information content (AvgIpc) is 3.50. The number of aryl methyl sites for hydroxylation is 3. The average molecular weight is 490 g/mol. The minimum absolute atomic E-state index is 0.227. The zero-order chi connectivity index (χ0) is 25.9. The highest BCUT2D eigenvalue weighted by atomic mass is 16.5. The highest BCUT2D eigenvalue weighted by Crippen LogP contribution is 2.30. The van der Waals surface area contributed by atoms with Gasteiger partial charge in [-0.25, -0.2) is 14.8 Å². The molecule has 0 saturated heterocycles. The van der Waals surface area contributed by atoms with Gasteiger partial charge in [0, 0.05) is 18.5 Å². The van der Waals surface area contributed by atoms with Crippen LogP contribution in [0.25, 0.3) is 11.5 Å². The van der Waals surface area contributed by atoms with Crippen molar-refractivity contribution in [1.82, 2.24) is 15.3 Å². The van der Waals surface area contributed by atoms with Crippen molar-refractivity contribution >= 4 is 5.97 Å². The minimum atomic E-state index is -1.32. The molecular weight excluding hydrogens is 458 g/mol. The molecule has 188 valence electrons. The zero-order valence-corrected chi connectivity index (χ0v) is 21.2. The number of hydrogen-bond donors (Lipinski definition) is 2. The first-order chi connectivity index (χ1) is 17.1. The smallest absolute Gasteiger partial charge is 0.347 e. The van der Waals surface area contributed by atoms with Crippen LogP contribution in [0.15, 0.2) is 63.8 Å². The molecule has 2 heterocycles. The van der Waals surface area contributed by atoms with E-state index in [1.165, 1.54) is 0 Å². The Morgan fingerprint density at radius 1 is 1.14 bits per heavy atom. The third-order valence-corrected chi connectivity index (χ3v) is 6.01. The Kier molecular flexibility index (Phi) is 7.26. The number of aliphatic carboxylic acids is 1. The number of oxazole rings is 2. The summed E-state index contributed by atoms with van der Waals surface area (Å²) < 4.78 is 17.4. The fourth-order valence-corrected chi connectivity index (χ4v) is 4.01. The Bertz CT molecular complexity index is 1300. The fraction of sp³-hybridized carbons (Fsp3) is 0.321. The molecular formula is C28H31N3O5. The molecule has 0 spiro atoms. The summed E-state index contributed by atoms with van der Waals surface area (Å²) in [5.74, 6) is 1.47. The number of rotatable bonds is 10. The number of hydrogen-bond acceptors (Lipinski definition) is 7. The van der Waals surface area contributed by atoms with Crippen molar-refractivity contribution in [2.45, 2.75) is 59.2 Å².